The van der Waals surface area contributed by atoms with Crippen LogP contribution >= 0.6 is 11.5 Å². The van der Waals surface area contributed by atoms with Gasteiger partial charge in [0.25, 0.3) is 0 Å². The molecular weight excluding hydrogens is 246 g/mol. The molecule has 5 heteroatoms. The van der Waals surface area contributed by atoms with E-state index in [0.717, 1.165) is 23.4 Å². The van der Waals surface area contributed by atoms with Gasteiger partial charge in [-0.05, 0) is 56.3 Å². The molecule has 4 bridgehead atoms. The molecule has 5 rings (SSSR count). The second kappa shape index (κ2) is 3.90. The molecule has 0 amide bonds. The van der Waals surface area contributed by atoms with Crippen LogP contribution in [0.4, 0.5) is 5.00 Å². The van der Waals surface area contributed by atoms with Crippen LogP contribution in [-0.2, 0) is 11.3 Å². The summed E-state index contributed by atoms with van der Waals surface area (Å²) in [4.78, 5) is 0. The number of hydrogen-bond donors (Lipinski definition) is 1. The van der Waals surface area contributed by atoms with Crippen molar-refractivity contribution >= 4 is 16.5 Å². The Morgan fingerprint density at radius 1 is 1.17 bits per heavy atom. The first-order valence-corrected chi connectivity index (χ1v) is 7.70. The van der Waals surface area contributed by atoms with E-state index in [1.165, 1.54) is 50.1 Å². The first-order valence-electron chi connectivity index (χ1n) is 6.93. The van der Waals surface area contributed by atoms with Gasteiger partial charge in [-0.3, -0.25) is 0 Å². The van der Waals surface area contributed by atoms with Gasteiger partial charge in [-0.1, -0.05) is 4.49 Å². The highest BCUT2D eigenvalue weighted by Gasteiger charge is 2.51. The Morgan fingerprint density at radius 3 is 2.28 bits per heavy atom. The van der Waals surface area contributed by atoms with Crippen LogP contribution in [0.15, 0.2) is 0 Å². The zero-order chi connectivity index (χ0) is 12.2. The minimum absolute atomic E-state index is 0.144. The summed E-state index contributed by atoms with van der Waals surface area (Å²) in [5, 5.41) is 4.76. The maximum Gasteiger partial charge on any atom is 0.133 e. The molecule has 1 aromatic heterocycles. The van der Waals surface area contributed by atoms with Gasteiger partial charge in [-0.15, -0.1) is 5.10 Å². The molecule has 0 aromatic carbocycles. The van der Waals surface area contributed by atoms with Crippen LogP contribution < -0.4 is 5.73 Å². The van der Waals surface area contributed by atoms with Gasteiger partial charge in [0, 0.05) is 11.5 Å². The lowest BCUT2D eigenvalue weighted by Gasteiger charge is -2.56. The smallest absolute Gasteiger partial charge is 0.133 e. The molecule has 4 aliphatic carbocycles. The van der Waals surface area contributed by atoms with E-state index in [-0.39, 0.29) is 5.60 Å². The molecule has 0 saturated heterocycles. The molecule has 2 N–H and O–H groups in total. The Bertz CT molecular complexity index is 424. The fourth-order valence-electron chi connectivity index (χ4n) is 4.75. The number of hydrogen-bond acceptors (Lipinski definition) is 5. The van der Waals surface area contributed by atoms with Gasteiger partial charge >= 0.3 is 0 Å². The lowest BCUT2D eigenvalue weighted by molar-refractivity contribution is -0.169. The summed E-state index contributed by atoms with van der Waals surface area (Å²) in [6.07, 6.45) is 8.12. The largest absolute Gasteiger partial charge is 0.388 e. The van der Waals surface area contributed by atoms with Crippen LogP contribution in [0.3, 0.4) is 0 Å². The fourth-order valence-corrected chi connectivity index (χ4v) is 5.18. The van der Waals surface area contributed by atoms with E-state index in [4.69, 9.17) is 10.5 Å². The Balaban J connectivity index is 1.49. The third kappa shape index (κ3) is 1.75. The zero-order valence-electron chi connectivity index (χ0n) is 10.5. The predicted molar refractivity (Wildman–Crippen MR) is 70.0 cm³/mol. The summed E-state index contributed by atoms with van der Waals surface area (Å²) in [5.74, 6) is 2.76. The first kappa shape index (κ1) is 11.2. The molecule has 1 heterocycles. The van der Waals surface area contributed by atoms with Crippen molar-refractivity contribution in [2.24, 2.45) is 17.8 Å². The molecule has 4 aliphatic rings. The van der Waals surface area contributed by atoms with Crippen LogP contribution in [0.5, 0.6) is 0 Å². The van der Waals surface area contributed by atoms with Crippen LogP contribution in [0.1, 0.15) is 44.2 Å². The Morgan fingerprint density at radius 2 is 1.78 bits per heavy atom. The Labute approximate surface area is 111 Å². The van der Waals surface area contributed by atoms with Crippen LogP contribution in [-0.4, -0.2) is 15.2 Å². The average molecular weight is 265 g/mol. The molecule has 4 saturated carbocycles. The molecule has 0 radical (unpaired) electrons. The molecule has 0 aliphatic heterocycles. The zero-order valence-corrected chi connectivity index (χ0v) is 11.3. The van der Waals surface area contributed by atoms with Gasteiger partial charge in [0.1, 0.15) is 10.7 Å². The number of nitrogen functional groups attached to an aromatic ring is 1. The van der Waals surface area contributed by atoms with Gasteiger partial charge in [0.05, 0.1) is 12.2 Å². The maximum absolute atomic E-state index is 6.29. The maximum atomic E-state index is 6.29. The van der Waals surface area contributed by atoms with Crippen molar-refractivity contribution in [1.82, 2.24) is 9.59 Å². The monoisotopic (exact) mass is 265 g/mol. The van der Waals surface area contributed by atoms with Gasteiger partial charge in [-0.25, -0.2) is 0 Å². The van der Waals surface area contributed by atoms with Crippen molar-refractivity contribution in [1.29, 1.82) is 0 Å². The number of rotatable bonds is 3. The van der Waals surface area contributed by atoms with E-state index in [9.17, 15) is 0 Å². The van der Waals surface area contributed by atoms with Crippen molar-refractivity contribution in [3.8, 4) is 0 Å². The summed E-state index contributed by atoms with van der Waals surface area (Å²) in [5.41, 5.74) is 6.80. The molecule has 98 valence electrons. The number of aromatic nitrogens is 2. The lowest BCUT2D eigenvalue weighted by atomic mass is 9.54. The second-order valence-electron chi connectivity index (χ2n) is 6.47. The highest BCUT2D eigenvalue weighted by molar-refractivity contribution is 7.09. The molecule has 4 fully saturated rings. The Kier molecular flexibility index (Phi) is 2.42. The Hall–Kier alpha value is -0.680. The molecule has 0 unspecified atom stereocenters. The van der Waals surface area contributed by atoms with E-state index in [1.54, 1.807) is 0 Å². The first-order chi connectivity index (χ1) is 8.72. The molecule has 0 atom stereocenters. The number of anilines is 1. The molecular formula is C13H19N3OS. The van der Waals surface area contributed by atoms with Crippen LogP contribution in [0.2, 0.25) is 0 Å². The van der Waals surface area contributed by atoms with Gasteiger partial charge in [0.2, 0.25) is 0 Å². The van der Waals surface area contributed by atoms with Crippen molar-refractivity contribution < 1.29 is 4.74 Å². The topological polar surface area (TPSA) is 61.0 Å². The van der Waals surface area contributed by atoms with E-state index in [1.807, 2.05) is 0 Å². The van der Waals surface area contributed by atoms with Crippen molar-refractivity contribution in [3.05, 3.63) is 5.69 Å². The molecule has 18 heavy (non-hydrogen) atoms. The third-order valence-electron chi connectivity index (χ3n) is 5.08. The standard InChI is InChI=1S/C13H19N3OS/c14-12-11(15-16-18-12)7-17-13-4-8-1-9(5-13)3-10(2-8)6-13/h8-10H,1-7,14H2. The number of ether oxygens (including phenoxy) is 1. The summed E-state index contributed by atoms with van der Waals surface area (Å²) in [7, 11) is 0. The number of nitrogens with two attached hydrogens (primary N) is 1. The van der Waals surface area contributed by atoms with E-state index in [0.29, 0.717) is 11.6 Å². The normalized spacial score (nSPS) is 41.4. The summed E-state index contributed by atoms with van der Waals surface area (Å²) in [6.45, 7) is 0.550. The summed E-state index contributed by atoms with van der Waals surface area (Å²) >= 11 is 1.26. The fraction of sp³-hybridized carbons (Fsp3) is 0.846. The van der Waals surface area contributed by atoms with Gasteiger partial charge < -0.3 is 10.5 Å². The van der Waals surface area contributed by atoms with Crippen LogP contribution in [0.25, 0.3) is 0 Å². The minimum atomic E-state index is 0.144. The van der Waals surface area contributed by atoms with Gasteiger partial charge in [-0.2, -0.15) is 0 Å². The molecule has 4 nitrogen and oxygen atoms in total. The highest BCUT2D eigenvalue weighted by Crippen LogP contribution is 2.57. The van der Waals surface area contributed by atoms with Crippen molar-refractivity contribution in [2.75, 3.05) is 5.73 Å². The number of nitrogens with zero attached hydrogens (tertiary/aromatic N) is 2. The summed E-state index contributed by atoms with van der Waals surface area (Å²) in [6, 6.07) is 0. The van der Waals surface area contributed by atoms with E-state index >= 15 is 0 Å². The lowest BCUT2D eigenvalue weighted by Crippen LogP contribution is -2.51. The average Bonchev–Trinajstić information content (AvgIpc) is 2.70. The van der Waals surface area contributed by atoms with E-state index in [2.05, 4.69) is 9.59 Å². The van der Waals surface area contributed by atoms with E-state index < -0.39 is 0 Å². The predicted octanol–water partition coefficient (Wildman–Crippen LogP) is 2.61. The van der Waals surface area contributed by atoms with Crippen molar-refractivity contribution in [2.45, 2.75) is 50.7 Å². The molecule has 0 spiro atoms. The van der Waals surface area contributed by atoms with Crippen molar-refractivity contribution in [3.63, 3.8) is 0 Å². The third-order valence-corrected chi connectivity index (χ3v) is 5.68. The quantitative estimate of drug-likeness (QED) is 0.912. The molecule has 1 aromatic rings. The SMILES string of the molecule is Nc1snnc1COC12CC3CC(CC(C3)C1)C2. The second-order valence-corrected chi connectivity index (χ2v) is 7.26. The summed E-state index contributed by atoms with van der Waals surface area (Å²) < 4.78 is 10.2. The van der Waals surface area contributed by atoms with Gasteiger partial charge in [0.15, 0.2) is 0 Å². The highest BCUT2D eigenvalue weighted by atomic mass is 32.1. The van der Waals surface area contributed by atoms with Crippen LogP contribution in [0, 0.1) is 17.8 Å². The minimum Gasteiger partial charge on any atom is -0.388 e.